The van der Waals surface area contributed by atoms with Crippen molar-refractivity contribution in [1.82, 2.24) is 24.2 Å². The van der Waals surface area contributed by atoms with Crippen molar-refractivity contribution in [2.24, 2.45) is 0 Å². The molecule has 3 heterocycles. The third-order valence-electron chi connectivity index (χ3n) is 5.18. The summed E-state index contributed by atoms with van der Waals surface area (Å²) in [6, 6.07) is 10.1. The number of ether oxygens (including phenoxy) is 1. The van der Waals surface area contributed by atoms with Gasteiger partial charge in [-0.15, -0.1) is 0 Å². The first-order valence-corrected chi connectivity index (χ1v) is 10.1. The number of para-hydroxylation sites is 2. The van der Waals surface area contributed by atoms with E-state index in [-0.39, 0.29) is 0 Å². The molecular weight excluding hydrogens is 429 g/mol. The zero-order chi connectivity index (χ0) is 22.0. The van der Waals surface area contributed by atoms with Crippen molar-refractivity contribution in [3.63, 3.8) is 0 Å². The van der Waals surface area contributed by atoms with Crippen LogP contribution >= 0.6 is 12.2 Å². The molecule has 1 aromatic carbocycles. The van der Waals surface area contributed by atoms with E-state index in [1.165, 1.54) is 6.07 Å². The van der Waals surface area contributed by atoms with Crippen LogP contribution < -0.4 is 9.64 Å². The molecule has 1 fully saturated rings. The Morgan fingerprint density at radius 1 is 1.06 bits per heavy atom. The van der Waals surface area contributed by atoms with Crippen molar-refractivity contribution in [2.75, 3.05) is 38.2 Å². The van der Waals surface area contributed by atoms with Crippen molar-refractivity contribution < 1.29 is 17.9 Å². The Morgan fingerprint density at radius 2 is 1.81 bits per heavy atom. The predicted octanol–water partition coefficient (Wildman–Crippen LogP) is 3.61. The van der Waals surface area contributed by atoms with Gasteiger partial charge in [0, 0.05) is 32.4 Å². The van der Waals surface area contributed by atoms with Crippen molar-refractivity contribution in [2.45, 2.75) is 12.8 Å². The van der Waals surface area contributed by atoms with Gasteiger partial charge in [-0.2, -0.15) is 18.3 Å². The van der Waals surface area contributed by atoms with E-state index in [2.05, 4.69) is 15.0 Å². The summed E-state index contributed by atoms with van der Waals surface area (Å²) in [5, 5.41) is 4.42. The van der Waals surface area contributed by atoms with Crippen LogP contribution in [0, 0.1) is 4.77 Å². The molecule has 4 rings (SSSR count). The fraction of sp³-hybridized carbons (Fsp3) is 0.350. The molecule has 1 aliphatic heterocycles. The van der Waals surface area contributed by atoms with E-state index < -0.39 is 11.7 Å². The largest absolute Gasteiger partial charge is 0.495 e. The van der Waals surface area contributed by atoms with Gasteiger partial charge in [-0.25, -0.2) is 9.67 Å². The minimum Gasteiger partial charge on any atom is -0.495 e. The first-order valence-electron chi connectivity index (χ1n) is 9.65. The molecule has 0 unspecified atom stereocenters. The molecule has 31 heavy (non-hydrogen) atoms. The minimum atomic E-state index is -4.38. The lowest BCUT2D eigenvalue weighted by atomic mass is 10.2. The third-order valence-corrected chi connectivity index (χ3v) is 5.59. The molecule has 0 atom stereocenters. The summed E-state index contributed by atoms with van der Waals surface area (Å²) in [4.78, 5) is 8.15. The molecule has 1 saturated heterocycles. The zero-order valence-electron chi connectivity index (χ0n) is 16.8. The van der Waals surface area contributed by atoms with Gasteiger partial charge in [-0.1, -0.05) is 12.1 Å². The summed E-state index contributed by atoms with van der Waals surface area (Å²) in [5.41, 5.74) is 0.0781. The van der Waals surface area contributed by atoms with Gasteiger partial charge in [0.2, 0.25) is 4.77 Å². The Bertz CT molecular complexity index is 1090. The van der Waals surface area contributed by atoms with Gasteiger partial charge in [0.05, 0.1) is 25.0 Å². The highest BCUT2D eigenvalue weighted by Gasteiger charge is 2.31. The van der Waals surface area contributed by atoms with Gasteiger partial charge >= 0.3 is 6.18 Å². The molecule has 1 aliphatic rings. The summed E-state index contributed by atoms with van der Waals surface area (Å²) < 4.78 is 47.7. The van der Waals surface area contributed by atoms with Crippen LogP contribution in [0.2, 0.25) is 0 Å². The predicted molar refractivity (Wildman–Crippen MR) is 112 cm³/mol. The van der Waals surface area contributed by atoms with Crippen LogP contribution in [0.15, 0.2) is 48.9 Å². The van der Waals surface area contributed by atoms with E-state index in [0.717, 1.165) is 18.0 Å². The van der Waals surface area contributed by atoms with Gasteiger partial charge in [0.15, 0.2) is 0 Å². The van der Waals surface area contributed by atoms with Crippen LogP contribution in [0.3, 0.4) is 0 Å². The summed E-state index contributed by atoms with van der Waals surface area (Å²) in [7, 11) is 1.61. The van der Waals surface area contributed by atoms with Gasteiger partial charge in [-0.3, -0.25) is 9.47 Å². The maximum Gasteiger partial charge on any atom is 0.417 e. The number of anilines is 1. The number of benzene rings is 1. The van der Waals surface area contributed by atoms with Crippen LogP contribution in [-0.2, 0) is 12.8 Å². The second-order valence-electron chi connectivity index (χ2n) is 7.10. The molecule has 0 bridgehead atoms. The number of alkyl halides is 3. The first kappa shape index (κ1) is 21.3. The molecule has 0 radical (unpaired) electrons. The number of methoxy groups -OCH3 is 1. The minimum absolute atomic E-state index is 0.523. The number of nitrogens with zero attached hydrogens (tertiary/aromatic N) is 6. The molecule has 0 spiro atoms. The maximum atomic E-state index is 12.7. The molecule has 3 aromatic rings. The normalized spacial score (nSPS) is 15.3. The topological polar surface area (TPSA) is 51.4 Å². The molecule has 11 heteroatoms. The van der Waals surface area contributed by atoms with Crippen molar-refractivity contribution in [3.05, 3.63) is 59.3 Å². The number of halogens is 3. The van der Waals surface area contributed by atoms with Crippen LogP contribution in [0.4, 0.5) is 19.0 Å². The Hall–Kier alpha value is -2.92. The van der Waals surface area contributed by atoms with E-state index in [1.807, 2.05) is 29.2 Å². The highest BCUT2D eigenvalue weighted by molar-refractivity contribution is 7.71. The lowest BCUT2D eigenvalue weighted by Gasteiger charge is -2.35. The lowest BCUT2D eigenvalue weighted by molar-refractivity contribution is -0.137. The quantitative estimate of drug-likeness (QED) is 0.554. The highest BCUT2D eigenvalue weighted by Crippen LogP contribution is 2.29. The number of rotatable bonds is 5. The number of hydrogen-bond donors (Lipinski definition) is 0. The molecule has 0 saturated carbocycles. The van der Waals surface area contributed by atoms with Crippen LogP contribution in [0.25, 0.3) is 5.69 Å². The smallest absolute Gasteiger partial charge is 0.417 e. The summed E-state index contributed by atoms with van der Waals surface area (Å²) in [6.07, 6.45) is -1.83. The van der Waals surface area contributed by atoms with E-state index in [9.17, 15) is 13.2 Å². The highest BCUT2D eigenvalue weighted by atomic mass is 32.1. The van der Waals surface area contributed by atoms with Crippen molar-refractivity contribution >= 4 is 18.0 Å². The van der Waals surface area contributed by atoms with Crippen molar-refractivity contribution in [1.29, 1.82) is 0 Å². The first-order chi connectivity index (χ1) is 14.9. The average molecular weight is 450 g/mol. The second-order valence-corrected chi connectivity index (χ2v) is 7.47. The van der Waals surface area contributed by atoms with Crippen LogP contribution in [-0.4, -0.2) is 57.5 Å². The van der Waals surface area contributed by atoms with Gasteiger partial charge < -0.3 is 9.64 Å². The molecular formula is C20H21F3N6OS. The Balaban J connectivity index is 1.40. The monoisotopic (exact) mass is 450 g/mol. The Labute approximate surface area is 182 Å². The number of piperazine rings is 1. The maximum absolute atomic E-state index is 12.7. The standard InChI is InChI=1S/C20H21F3N6OS/c1-30-17-5-3-2-4-16(17)28-13-25-29(19(28)31)14-26-8-10-27(11-9-26)18-7-6-15(12-24-18)20(21,22)23/h2-7,12-13H,8-11,14H2,1H3. The molecule has 2 aromatic heterocycles. The molecule has 0 amide bonds. The lowest BCUT2D eigenvalue weighted by Crippen LogP contribution is -2.47. The molecule has 0 aliphatic carbocycles. The van der Waals surface area contributed by atoms with E-state index in [1.54, 1.807) is 22.7 Å². The fourth-order valence-corrected chi connectivity index (χ4v) is 3.73. The number of hydrogen-bond acceptors (Lipinski definition) is 6. The summed E-state index contributed by atoms with van der Waals surface area (Å²) >= 11 is 5.59. The molecule has 0 N–H and O–H groups in total. The van der Waals surface area contributed by atoms with Gasteiger partial charge in [0.1, 0.15) is 17.9 Å². The number of pyridine rings is 1. The van der Waals surface area contributed by atoms with E-state index >= 15 is 0 Å². The average Bonchev–Trinajstić information content (AvgIpc) is 3.13. The Kier molecular flexibility index (Phi) is 5.96. The van der Waals surface area contributed by atoms with Gasteiger partial charge in [-0.05, 0) is 36.5 Å². The van der Waals surface area contributed by atoms with Crippen molar-refractivity contribution in [3.8, 4) is 11.4 Å². The third kappa shape index (κ3) is 4.57. The SMILES string of the molecule is COc1ccccc1-n1cnn(CN2CCN(c3ccc(C(F)(F)F)cn3)CC2)c1=S. The Morgan fingerprint density at radius 3 is 2.45 bits per heavy atom. The number of aromatic nitrogens is 4. The molecule has 7 nitrogen and oxygen atoms in total. The zero-order valence-corrected chi connectivity index (χ0v) is 17.6. The summed E-state index contributed by atoms with van der Waals surface area (Å²) in [6.45, 7) is 3.26. The second kappa shape index (κ2) is 8.67. The van der Waals surface area contributed by atoms with E-state index in [4.69, 9.17) is 17.0 Å². The van der Waals surface area contributed by atoms with E-state index in [0.29, 0.717) is 49.2 Å². The van der Waals surface area contributed by atoms with Crippen LogP contribution in [0.1, 0.15) is 5.56 Å². The van der Waals surface area contributed by atoms with Crippen LogP contribution in [0.5, 0.6) is 5.75 Å². The molecule has 164 valence electrons. The van der Waals surface area contributed by atoms with Gasteiger partial charge in [0.25, 0.3) is 0 Å². The fourth-order valence-electron chi connectivity index (χ4n) is 3.48. The summed E-state index contributed by atoms with van der Waals surface area (Å²) in [5.74, 6) is 1.25.